The largest absolute Gasteiger partial charge is 0.394 e. The van der Waals surface area contributed by atoms with E-state index < -0.39 is 6.10 Å². The highest BCUT2D eigenvalue weighted by Crippen LogP contribution is 2.40. The first-order valence-corrected chi connectivity index (χ1v) is 8.63. The minimum Gasteiger partial charge on any atom is -0.394 e. The first-order valence-electron chi connectivity index (χ1n) is 8.63. The predicted molar refractivity (Wildman–Crippen MR) is 94.8 cm³/mol. The molecule has 0 amide bonds. The molecule has 2 N–H and O–H groups in total. The van der Waals surface area contributed by atoms with E-state index in [0.717, 1.165) is 44.9 Å². The van der Waals surface area contributed by atoms with Gasteiger partial charge < -0.3 is 10.2 Å². The van der Waals surface area contributed by atoms with Crippen LogP contribution in [0.4, 0.5) is 0 Å². The van der Waals surface area contributed by atoms with E-state index in [9.17, 15) is 10.2 Å². The van der Waals surface area contributed by atoms with Gasteiger partial charge in [-0.25, -0.2) is 0 Å². The highest BCUT2D eigenvalue weighted by Gasteiger charge is 2.34. The van der Waals surface area contributed by atoms with E-state index >= 15 is 0 Å². The summed E-state index contributed by atoms with van der Waals surface area (Å²) in [5, 5.41) is 19.2. The SMILES string of the molecule is CC(C)=CCC/C(C)=C/CCC1=CCC[C@](C)([C@@H](O)CO)C1. The quantitative estimate of drug-likeness (QED) is 0.624. The van der Waals surface area contributed by atoms with E-state index in [1.54, 1.807) is 0 Å². The average molecular weight is 306 g/mol. The smallest absolute Gasteiger partial charge is 0.0827 e. The van der Waals surface area contributed by atoms with Crippen LogP contribution in [0.5, 0.6) is 0 Å². The molecule has 0 saturated heterocycles. The van der Waals surface area contributed by atoms with Crippen LogP contribution in [0.25, 0.3) is 0 Å². The lowest BCUT2D eigenvalue weighted by Crippen LogP contribution is -2.36. The van der Waals surface area contributed by atoms with Gasteiger partial charge in [0.1, 0.15) is 0 Å². The van der Waals surface area contributed by atoms with Crippen LogP contribution >= 0.6 is 0 Å². The predicted octanol–water partition coefficient (Wildman–Crippen LogP) is 4.93. The second-order valence-electron chi connectivity index (χ2n) is 7.34. The Kier molecular flexibility index (Phi) is 8.13. The Morgan fingerprint density at radius 3 is 2.64 bits per heavy atom. The van der Waals surface area contributed by atoms with Crippen molar-refractivity contribution in [2.75, 3.05) is 6.61 Å². The summed E-state index contributed by atoms with van der Waals surface area (Å²) in [6.45, 7) is 8.47. The summed E-state index contributed by atoms with van der Waals surface area (Å²) < 4.78 is 0. The molecule has 0 bridgehead atoms. The van der Waals surface area contributed by atoms with Crippen LogP contribution in [0.15, 0.2) is 34.9 Å². The van der Waals surface area contributed by atoms with Crippen LogP contribution in [-0.4, -0.2) is 22.9 Å². The van der Waals surface area contributed by atoms with Crippen molar-refractivity contribution < 1.29 is 10.2 Å². The number of hydrogen-bond donors (Lipinski definition) is 2. The van der Waals surface area contributed by atoms with Gasteiger partial charge in [-0.05, 0) is 71.1 Å². The molecule has 2 atom stereocenters. The van der Waals surface area contributed by atoms with Crippen molar-refractivity contribution in [2.45, 2.75) is 78.7 Å². The molecule has 0 radical (unpaired) electrons. The Morgan fingerprint density at radius 1 is 1.27 bits per heavy atom. The van der Waals surface area contributed by atoms with Crippen molar-refractivity contribution in [3.8, 4) is 0 Å². The molecule has 22 heavy (non-hydrogen) atoms. The van der Waals surface area contributed by atoms with Gasteiger partial charge in [0.15, 0.2) is 0 Å². The molecule has 0 saturated carbocycles. The van der Waals surface area contributed by atoms with Crippen LogP contribution in [0, 0.1) is 5.41 Å². The van der Waals surface area contributed by atoms with E-state index in [2.05, 4.69) is 45.9 Å². The molecule has 2 heteroatoms. The molecule has 0 aliphatic heterocycles. The molecule has 1 aliphatic rings. The van der Waals surface area contributed by atoms with Crippen molar-refractivity contribution in [3.05, 3.63) is 34.9 Å². The first kappa shape index (κ1) is 19.2. The monoisotopic (exact) mass is 306 g/mol. The van der Waals surface area contributed by atoms with Gasteiger partial charge in [-0.1, -0.05) is 41.9 Å². The summed E-state index contributed by atoms with van der Waals surface area (Å²) in [7, 11) is 0. The van der Waals surface area contributed by atoms with Gasteiger partial charge in [-0.3, -0.25) is 0 Å². The molecule has 0 heterocycles. The third-order valence-electron chi connectivity index (χ3n) is 4.81. The number of aliphatic hydroxyl groups is 2. The van der Waals surface area contributed by atoms with Crippen LogP contribution in [0.1, 0.15) is 72.6 Å². The summed E-state index contributed by atoms with van der Waals surface area (Å²) in [6, 6.07) is 0. The summed E-state index contributed by atoms with van der Waals surface area (Å²) in [5.74, 6) is 0. The molecule has 2 nitrogen and oxygen atoms in total. The molecule has 1 aliphatic carbocycles. The van der Waals surface area contributed by atoms with Gasteiger partial charge in [-0.15, -0.1) is 0 Å². The van der Waals surface area contributed by atoms with Gasteiger partial charge in [-0.2, -0.15) is 0 Å². The van der Waals surface area contributed by atoms with Gasteiger partial charge in [0.2, 0.25) is 0 Å². The molecule has 0 aromatic carbocycles. The highest BCUT2D eigenvalue weighted by atomic mass is 16.3. The molecule has 0 aromatic rings. The molecule has 0 spiro atoms. The summed E-state index contributed by atoms with van der Waals surface area (Å²) in [6.07, 6.45) is 13.7. The van der Waals surface area contributed by atoms with Crippen molar-refractivity contribution in [2.24, 2.45) is 5.41 Å². The summed E-state index contributed by atoms with van der Waals surface area (Å²) >= 11 is 0. The van der Waals surface area contributed by atoms with Crippen molar-refractivity contribution in [1.82, 2.24) is 0 Å². The maximum atomic E-state index is 10.0. The Hall–Kier alpha value is -0.860. The molecule has 0 fully saturated rings. The van der Waals surface area contributed by atoms with Crippen LogP contribution in [-0.2, 0) is 0 Å². The van der Waals surface area contributed by atoms with E-state index in [0.29, 0.717) is 0 Å². The zero-order chi connectivity index (χ0) is 16.6. The highest BCUT2D eigenvalue weighted by molar-refractivity contribution is 5.13. The van der Waals surface area contributed by atoms with E-state index in [4.69, 9.17) is 0 Å². The second-order valence-corrected chi connectivity index (χ2v) is 7.34. The van der Waals surface area contributed by atoms with Gasteiger partial charge in [0.25, 0.3) is 0 Å². The Bertz CT molecular complexity index is 427. The van der Waals surface area contributed by atoms with Crippen molar-refractivity contribution >= 4 is 0 Å². The third kappa shape index (κ3) is 6.50. The van der Waals surface area contributed by atoms with E-state index in [-0.39, 0.29) is 12.0 Å². The third-order valence-corrected chi connectivity index (χ3v) is 4.81. The topological polar surface area (TPSA) is 40.5 Å². The standard InChI is InChI=1S/C20H34O2/c1-16(2)8-5-9-17(3)10-6-11-18-12-7-13-20(4,14-18)19(22)15-21/h8,10,12,19,21-22H,5-7,9,11,13-15H2,1-4H3/b17-10+/t19-,20-/m0/s1. The molecular weight excluding hydrogens is 272 g/mol. The average Bonchev–Trinajstić information content (AvgIpc) is 2.46. The number of aliphatic hydroxyl groups excluding tert-OH is 2. The second kappa shape index (κ2) is 9.32. The number of allylic oxidation sites excluding steroid dienone is 6. The normalized spacial score (nSPS) is 23.9. The molecule has 126 valence electrons. The first-order chi connectivity index (χ1) is 10.4. The van der Waals surface area contributed by atoms with E-state index in [1.807, 2.05) is 0 Å². The lowest BCUT2D eigenvalue weighted by molar-refractivity contribution is -0.0133. The van der Waals surface area contributed by atoms with Gasteiger partial charge in [0, 0.05) is 0 Å². The number of rotatable bonds is 8. The number of hydrogen-bond acceptors (Lipinski definition) is 2. The van der Waals surface area contributed by atoms with Gasteiger partial charge in [0.05, 0.1) is 12.7 Å². The Labute approximate surface area is 136 Å². The Balaban J connectivity index is 2.41. The minimum absolute atomic E-state index is 0.132. The molecular formula is C20H34O2. The van der Waals surface area contributed by atoms with Crippen LogP contribution in [0.3, 0.4) is 0 Å². The van der Waals surface area contributed by atoms with Crippen LogP contribution in [0.2, 0.25) is 0 Å². The van der Waals surface area contributed by atoms with E-state index in [1.165, 1.54) is 16.7 Å². The maximum absolute atomic E-state index is 10.0. The Morgan fingerprint density at radius 2 is 2.00 bits per heavy atom. The van der Waals surface area contributed by atoms with Crippen LogP contribution < -0.4 is 0 Å². The minimum atomic E-state index is -0.599. The zero-order valence-corrected chi connectivity index (χ0v) is 14.9. The fourth-order valence-electron chi connectivity index (χ4n) is 3.18. The van der Waals surface area contributed by atoms with Gasteiger partial charge >= 0.3 is 0 Å². The molecule has 0 unspecified atom stereocenters. The molecule has 0 aromatic heterocycles. The fraction of sp³-hybridized carbons (Fsp3) is 0.700. The summed E-state index contributed by atoms with van der Waals surface area (Å²) in [4.78, 5) is 0. The lowest BCUT2D eigenvalue weighted by Gasteiger charge is -2.37. The maximum Gasteiger partial charge on any atom is 0.0827 e. The molecule has 1 rings (SSSR count). The van der Waals surface area contributed by atoms with Crippen molar-refractivity contribution in [1.29, 1.82) is 0 Å². The summed E-state index contributed by atoms with van der Waals surface area (Å²) in [5.41, 5.74) is 4.14. The van der Waals surface area contributed by atoms with Crippen molar-refractivity contribution in [3.63, 3.8) is 0 Å². The fourth-order valence-corrected chi connectivity index (χ4v) is 3.18. The zero-order valence-electron chi connectivity index (χ0n) is 14.9. The lowest BCUT2D eigenvalue weighted by atomic mass is 9.71.